The summed E-state index contributed by atoms with van der Waals surface area (Å²) in [4.78, 5) is 0. The zero-order valence-electron chi connectivity index (χ0n) is 11.2. The van der Waals surface area contributed by atoms with Gasteiger partial charge in [0.25, 0.3) is 0 Å². The highest BCUT2D eigenvalue weighted by molar-refractivity contribution is 9.10. The van der Waals surface area contributed by atoms with Crippen LogP contribution in [0.15, 0.2) is 53.0 Å². The molecule has 0 radical (unpaired) electrons. The molecular formula is C17H17BrFN. The predicted molar refractivity (Wildman–Crippen MR) is 83.1 cm³/mol. The van der Waals surface area contributed by atoms with Crippen LogP contribution in [0.5, 0.6) is 0 Å². The third-order valence-electron chi connectivity index (χ3n) is 4.02. The van der Waals surface area contributed by atoms with Crippen molar-refractivity contribution in [1.29, 1.82) is 0 Å². The second-order valence-electron chi connectivity index (χ2n) is 5.39. The second-order valence-corrected chi connectivity index (χ2v) is 6.24. The molecule has 0 bridgehead atoms. The fourth-order valence-electron chi connectivity index (χ4n) is 2.69. The normalized spacial score (nSPS) is 21.5. The van der Waals surface area contributed by atoms with Crippen LogP contribution < -0.4 is 5.32 Å². The van der Waals surface area contributed by atoms with Crippen LogP contribution in [0.1, 0.15) is 29.9 Å². The lowest BCUT2D eigenvalue weighted by Gasteiger charge is -2.36. The smallest absolute Gasteiger partial charge is 0.123 e. The van der Waals surface area contributed by atoms with Crippen LogP contribution >= 0.6 is 15.9 Å². The summed E-state index contributed by atoms with van der Waals surface area (Å²) in [5.41, 5.74) is 2.54. The number of halogens is 2. The van der Waals surface area contributed by atoms with Gasteiger partial charge in [0.15, 0.2) is 0 Å². The maximum atomic E-state index is 12.9. The van der Waals surface area contributed by atoms with Crippen LogP contribution in [-0.2, 0) is 6.54 Å². The maximum Gasteiger partial charge on any atom is 0.123 e. The van der Waals surface area contributed by atoms with E-state index in [1.807, 2.05) is 18.2 Å². The summed E-state index contributed by atoms with van der Waals surface area (Å²) in [6, 6.07) is 15.8. The van der Waals surface area contributed by atoms with E-state index in [-0.39, 0.29) is 5.82 Å². The molecule has 0 unspecified atom stereocenters. The fourth-order valence-corrected chi connectivity index (χ4v) is 3.11. The van der Waals surface area contributed by atoms with Crippen LogP contribution in [0, 0.1) is 5.82 Å². The van der Waals surface area contributed by atoms with Gasteiger partial charge in [-0.2, -0.15) is 0 Å². The first-order valence-electron chi connectivity index (χ1n) is 6.94. The Morgan fingerprint density at radius 3 is 2.45 bits per heavy atom. The number of benzene rings is 2. The summed E-state index contributed by atoms with van der Waals surface area (Å²) >= 11 is 3.57. The highest BCUT2D eigenvalue weighted by Gasteiger charge is 2.29. The predicted octanol–water partition coefficient (Wildman–Crippen LogP) is 4.62. The van der Waals surface area contributed by atoms with Crippen molar-refractivity contribution in [3.63, 3.8) is 0 Å². The van der Waals surface area contributed by atoms with Gasteiger partial charge in [0.2, 0.25) is 0 Å². The van der Waals surface area contributed by atoms with Crippen LogP contribution in [-0.4, -0.2) is 6.04 Å². The summed E-state index contributed by atoms with van der Waals surface area (Å²) in [5.74, 6) is 0.420. The van der Waals surface area contributed by atoms with Gasteiger partial charge in [-0.1, -0.05) is 46.3 Å². The number of rotatable bonds is 4. The molecule has 2 aromatic rings. The van der Waals surface area contributed by atoms with E-state index in [2.05, 4.69) is 39.4 Å². The van der Waals surface area contributed by atoms with Gasteiger partial charge in [0, 0.05) is 17.1 Å². The Morgan fingerprint density at radius 2 is 1.75 bits per heavy atom. The summed E-state index contributed by atoms with van der Waals surface area (Å²) < 4.78 is 14.0. The lowest BCUT2D eigenvalue weighted by atomic mass is 9.76. The Hall–Kier alpha value is -1.19. The fraction of sp³-hybridized carbons (Fsp3) is 0.294. The second kappa shape index (κ2) is 6.06. The van der Waals surface area contributed by atoms with Gasteiger partial charge in [-0.3, -0.25) is 0 Å². The molecular weight excluding hydrogens is 317 g/mol. The van der Waals surface area contributed by atoms with E-state index in [4.69, 9.17) is 0 Å². The molecule has 2 aromatic carbocycles. The minimum Gasteiger partial charge on any atom is -0.310 e. The summed E-state index contributed by atoms with van der Waals surface area (Å²) in [6.45, 7) is 0.891. The molecule has 1 aliphatic carbocycles. The van der Waals surface area contributed by atoms with Crippen LogP contribution in [0.2, 0.25) is 0 Å². The molecule has 0 saturated heterocycles. The van der Waals surface area contributed by atoms with Gasteiger partial charge >= 0.3 is 0 Å². The molecule has 1 aliphatic rings. The van der Waals surface area contributed by atoms with Crippen molar-refractivity contribution in [3.8, 4) is 0 Å². The van der Waals surface area contributed by atoms with Crippen molar-refractivity contribution in [2.75, 3.05) is 0 Å². The Bertz CT molecular complexity index is 576. The third kappa shape index (κ3) is 3.10. The van der Waals surface area contributed by atoms with Crippen LogP contribution in [0.25, 0.3) is 0 Å². The van der Waals surface area contributed by atoms with Crippen molar-refractivity contribution >= 4 is 15.9 Å². The van der Waals surface area contributed by atoms with E-state index in [1.165, 1.54) is 11.1 Å². The van der Waals surface area contributed by atoms with E-state index in [1.54, 1.807) is 12.1 Å². The average Bonchev–Trinajstić information content (AvgIpc) is 2.41. The highest BCUT2D eigenvalue weighted by Crippen LogP contribution is 2.37. The molecule has 0 atom stereocenters. The minimum atomic E-state index is -0.156. The minimum absolute atomic E-state index is 0.156. The molecule has 104 valence electrons. The molecule has 0 aromatic heterocycles. The molecule has 0 aliphatic heterocycles. The summed E-state index contributed by atoms with van der Waals surface area (Å²) in [7, 11) is 0. The van der Waals surface area contributed by atoms with Gasteiger partial charge in [-0.25, -0.2) is 4.39 Å². The summed E-state index contributed by atoms with van der Waals surface area (Å²) in [5, 5.41) is 3.58. The maximum absolute atomic E-state index is 12.9. The highest BCUT2D eigenvalue weighted by atomic mass is 79.9. The van der Waals surface area contributed by atoms with Gasteiger partial charge in [-0.05, 0) is 48.1 Å². The van der Waals surface area contributed by atoms with Crippen molar-refractivity contribution in [1.82, 2.24) is 5.32 Å². The van der Waals surface area contributed by atoms with Crippen molar-refractivity contribution in [2.45, 2.75) is 31.3 Å². The van der Waals surface area contributed by atoms with E-state index in [0.29, 0.717) is 12.0 Å². The van der Waals surface area contributed by atoms with Crippen LogP contribution in [0.4, 0.5) is 4.39 Å². The van der Waals surface area contributed by atoms with Crippen molar-refractivity contribution in [3.05, 3.63) is 69.9 Å². The lowest BCUT2D eigenvalue weighted by Crippen LogP contribution is -2.39. The quantitative estimate of drug-likeness (QED) is 0.860. The largest absolute Gasteiger partial charge is 0.310 e. The molecule has 1 N–H and O–H groups in total. The zero-order chi connectivity index (χ0) is 13.9. The molecule has 0 amide bonds. The standard InChI is InChI=1S/C17H17BrFN/c18-17-4-2-1-3-13(17)11-20-16-9-14(10-16)12-5-7-15(19)8-6-12/h1-8,14,16,20H,9-11H2. The van der Waals surface area contributed by atoms with Crippen LogP contribution in [0.3, 0.4) is 0 Å². The molecule has 1 fully saturated rings. The Balaban J connectivity index is 1.49. The first-order valence-corrected chi connectivity index (χ1v) is 7.74. The topological polar surface area (TPSA) is 12.0 Å². The van der Waals surface area contributed by atoms with Crippen molar-refractivity contribution in [2.24, 2.45) is 0 Å². The zero-order valence-corrected chi connectivity index (χ0v) is 12.7. The Kier molecular flexibility index (Phi) is 4.18. The SMILES string of the molecule is Fc1ccc(C2CC(NCc3ccccc3Br)C2)cc1. The van der Waals surface area contributed by atoms with E-state index >= 15 is 0 Å². The van der Waals surface area contributed by atoms with E-state index in [9.17, 15) is 4.39 Å². The third-order valence-corrected chi connectivity index (χ3v) is 4.79. The van der Waals surface area contributed by atoms with E-state index < -0.39 is 0 Å². The average molecular weight is 334 g/mol. The van der Waals surface area contributed by atoms with Gasteiger partial charge in [0.1, 0.15) is 5.82 Å². The number of hydrogen-bond donors (Lipinski definition) is 1. The molecule has 1 nitrogen and oxygen atoms in total. The Labute approximate surface area is 127 Å². The monoisotopic (exact) mass is 333 g/mol. The summed E-state index contributed by atoms with van der Waals surface area (Å²) in [6.07, 6.45) is 2.27. The van der Waals surface area contributed by atoms with Gasteiger partial charge < -0.3 is 5.32 Å². The number of hydrogen-bond acceptors (Lipinski definition) is 1. The molecule has 1 saturated carbocycles. The van der Waals surface area contributed by atoms with Gasteiger partial charge in [-0.15, -0.1) is 0 Å². The lowest BCUT2D eigenvalue weighted by molar-refractivity contribution is 0.289. The molecule has 3 rings (SSSR count). The molecule has 20 heavy (non-hydrogen) atoms. The Morgan fingerprint density at radius 1 is 1.05 bits per heavy atom. The van der Waals surface area contributed by atoms with Gasteiger partial charge in [0.05, 0.1) is 0 Å². The van der Waals surface area contributed by atoms with E-state index in [0.717, 1.165) is 23.9 Å². The first kappa shape index (κ1) is 13.8. The van der Waals surface area contributed by atoms with Crippen molar-refractivity contribution < 1.29 is 4.39 Å². The first-order chi connectivity index (χ1) is 9.72. The number of nitrogens with one attached hydrogen (secondary N) is 1. The molecule has 0 heterocycles. The molecule has 0 spiro atoms. The molecule has 3 heteroatoms.